The molecule has 1 amide bonds. The molecule has 0 aliphatic carbocycles. The predicted octanol–water partition coefficient (Wildman–Crippen LogP) is 4.67. The van der Waals surface area contributed by atoms with Crippen molar-refractivity contribution in [3.8, 4) is 0 Å². The van der Waals surface area contributed by atoms with Crippen molar-refractivity contribution in [2.45, 2.75) is 38.3 Å². The third-order valence-electron chi connectivity index (χ3n) is 5.92. The zero-order chi connectivity index (χ0) is 21.8. The lowest BCUT2D eigenvalue weighted by Crippen LogP contribution is -2.47. The summed E-state index contributed by atoms with van der Waals surface area (Å²) in [6.45, 7) is 6.49. The van der Waals surface area contributed by atoms with E-state index in [-0.39, 0.29) is 18.1 Å². The van der Waals surface area contributed by atoms with Crippen molar-refractivity contribution in [1.29, 1.82) is 0 Å². The molecule has 0 aromatic heterocycles. The van der Waals surface area contributed by atoms with Gasteiger partial charge in [0, 0.05) is 42.8 Å². The Balaban J connectivity index is 1.85. The second-order valence-electron chi connectivity index (χ2n) is 8.50. The molecule has 0 radical (unpaired) electrons. The van der Waals surface area contributed by atoms with Crippen LogP contribution < -0.4 is 0 Å². The molecule has 3 rings (SSSR count). The van der Waals surface area contributed by atoms with E-state index in [1.165, 1.54) is 0 Å². The summed E-state index contributed by atoms with van der Waals surface area (Å²) in [5.74, 6) is -0.0263. The van der Waals surface area contributed by atoms with Crippen LogP contribution in [0.4, 0.5) is 0 Å². The highest BCUT2D eigenvalue weighted by Crippen LogP contribution is 2.29. The highest BCUT2D eigenvalue weighted by molar-refractivity contribution is 6.30. The lowest BCUT2D eigenvalue weighted by Gasteiger charge is -2.35. The number of amides is 1. The lowest BCUT2D eigenvalue weighted by atomic mass is 9.89. The van der Waals surface area contributed by atoms with E-state index in [2.05, 4.69) is 18.7 Å². The molecule has 1 unspecified atom stereocenters. The van der Waals surface area contributed by atoms with Gasteiger partial charge in [-0.05, 0) is 47.7 Å². The monoisotopic (exact) mass is 448 g/mol. The zero-order valence-electron chi connectivity index (χ0n) is 17.8. The summed E-state index contributed by atoms with van der Waals surface area (Å²) >= 11 is 12.1. The molecule has 1 aliphatic heterocycles. The van der Waals surface area contributed by atoms with Crippen molar-refractivity contribution in [2.75, 3.05) is 26.7 Å². The van der Waals surface area contributed by atoms with Crippen molar-refractivity contribution in [3.05, 3.63) is 69.7 Å². The predicted molar refractivity (Wildman–Crippen MR) is 123 cm³/mol. The summed E-state index contributed by atoms with van der Waals surface area (Å²) in [5.41, 5.74) is 1.80. The first kappa shape index (κ1) is 23.1. The molecule has 1 fully saturated rings. The molecule has 0 saturated carbocycles. The molecule has 1 aliphatic rings. The minimum Gasteiger partial charge on any atom is -0.392 e. The van der Waals surface area contributed by atoms with Gasteiger partial charge in [-0.15, -0.1) is 0 Å². The number of aliphatic hydroxyl groups excluding tert-OH is 1. The van der Waals surface area contributed by atoms with Crippen molar-refractivity contribution in [3.63, 3.8) is 0 Å². The molecule has 0 spiro atoms. The van der Waals surface area contributed by atoms with E-state index in [0.29, 0.717) is 29.1 Å². The molecule has 2 atom stereocenters. The van der Waals surface area contributed by atoms with Crippen LogP contribution in [-0.2, 0) is 4.79 Å². The van der Waals surface area contributed by atoms with E-state index in [1.54, 1.807) is 0 Å². The van der Waals surface area contributed by atoms with E-state index in [1.807, 2.05) is 60.5 Å². The minimum atomic E-state index is -0.429. The van der Waals surface area contributed by atoms with E-state index < -0.39 is 5.92 Å². The Labute approximate surface area is 189 Å². The van der Waals surface area contributed by atoms with Gasteiger partial charge in [-0.1, -0.05) is 61.3 Å². The molecule has 2 aromatic rings. The van der Waals surface area contributed by atoms with Crippen LogP contribution in [0.25, 0.3) is 0 Å². The fourth-order valence-electron chi connectivity index (χ4n) is 4.20. The quantitative estimate of drug-likeness (QED) is 0.668. The second-order valence-corrected chi connectivity index (χ2v) is 9.38. The smallest absolute Gasteiger partial charge is 0.234 e. The first-order valence-corrected chi connectivity index (χ1v) is 11.2. The standard InChI is InChI=1S/C24H30Cl2N2O2/c1-16(2)22(28-13-12-21(29)14-28)15-27(3)24(30)23(17-4-8-19(25)9-5-17)18-6-10-20(26)11-7-18/h4-11,16,21-23,29H,12-15H2,1-3H3/t21-,22?/m0/s1. The number of hydrogen-bond donors (Lipinski definition) is 1. The Morgan fingerprint density at radius 1 is 1.07 bits per heavy atom. The molecule has 1 saturated heterocycles. The van der Waals surface area contributed by atoms with Crippen molar-refractivity contribution < 1.29 is 9.90 Å². The zero-order valence-corrected chi connectivity index (χ0v) is 19.3. The van der Waals surface area contributed by atoms with Gasteiger partial charge >= 0.3 is 0 Å². The van der Waals surface area contributed by atoms with Gasteiger partial charge in [0.25, 0.3) is 0 Å². The third-order valence-corrected chi connectivity index (χ3v) is 6.43. The topological polar surface area (TPSA) is 43.8 Å². The number of nitrogens with zero attached hydrogens (tertiary/aromatic N) is 2. The van der Waals surface area contributed by atoms with Crippen molar-refractivity contribution in [2.24, 2.45) is 5.92 Å². The summed E-state index contributed by atoms with van der Waals surface area (Å²) in [4.78, 5) is 17.8. The highest BCUT2D eigenvalue weighted by atomic mass is 35.5. The number of carbonyl (C=O) groups is 1. The molecule has 0 bridgehead atoms. The molecular formula is C24H30Cl2N2O2. The maximum atomic E-state index is 13.6. The van der Waals surface area contributed by atoms with Gasteiger partial charge in [0.1, 0.15) is 0 Å². The van der Waals surface area contributed by atoms with E-state index in [0.717, 1.165) is 24.1 Å². The Morgan fingerprint density at radius 3 is 1.97 bits per heavy atom. The minimum absolute atomic E-state index is 0.0324. The summed E-state index contributed by atoms with van der Waals surface area (Å²) in [5, 5.41) is 11.2. The van der Waals surface area contributed by atoms with Gasteiger partial charge in [0.05, 0.1) is 12.0 Å². The Bertz CT molecular complexity index is 794. The maximum Gasteiger partial charge on any atom is 0.234 e. The molecule has 162 valence electrons. The van der Waals surface area contributed by atoms with E-state index in [4.69, 9.17) is 23.2 Å². The molecule has 1 N–H and O–H groups in total. The van der Waals surface area contributed by atoms with Gasteiger partial charge in [-0.2, -0.15) is 0 Å². The maximum absolute atomic E-state index is 13.6. The Kier molecular flexibility index (Phi) is 7.81. The Morgan fingerprint density at radius 2 is 1.57 bits per heavy atom. The number of halogens is 2. The summed E-state index contributed by atoms with van der Waals surface area (Å²) in [6, 6.07) is 15.1. The number of aliphatic hydroxyl groups is 1. The number of likely N-dealkylation sites (N-methyl/N-ethyl adjacent to an activating group) is 1. The number of likely N-dealkylation sites (tertiary alicyclic amines) is 1. The first-order valence-electron chi connectivity index (χ1n) is 10.4. The van der Waals surface area contributed by atoms with Crippen molar-refractivity contribution in [1.82, 2.24) is 9.80 Å². The van der Waals surface area contributed by atoms with E-state index >= 15 is 0 Å². The largest absolute Gasteiger partial charge is 0.392 e. The number of β-amino-alcohol motifs (C(OH)–C–C–N with tert-alkyl or cyclic N) is 1. The SMILES string of the molecule is CC(C)C(CN(C)C(=O)C(c1ccc(Cl)cc1)c1ccc(Cl)cc1)N1CC[C@H](O)C1. The van der Waals surface area contributed by atoms with Crippen LogP contribution in [0.15, 0.2) is 48.5 Å². The van der Waals surface area contributed by atoms with Crippen LogP contribution in [0, 0.1) is 5.92 Å². The fraction of sp³-hybridized carbons (Fsp3) is 0.458. The number of rotatable bonds is 7. The summed E-state index contributed by atoms with van der Waals surface area (Å²) in [6.07, 6.45) is 0.516. The molecule has 6 heteroatoms. The first-order chi connectivity index (χ1) is 14.3. The van der Waals surface area contributed by atoms with Crippen LogP contribution in [0.2, 0.25) is 10.0 Å². The van der Waals surface area contributed by atoms with Crippen LogP contribution in [0.5, 0.6) is 0 Å². The van der Waals surface area contributed by atoms with Gasteiger partial charge in [0.2, 0.25) is 5.91 Å². The molecule has 2 aromatic carbocycles. The number of carbonyl (C=O) groups excluding carboxylic acids is 1. The van der Waals surface area contributed by atoms with Crippen molar-refractivity contribution >= 4 is 29.1 Å². The molecule has 4 nitrogen and oxygen atoms in total. The molecule has 30 heavy (non-hydrogen) atoms. The lowest BCUT2D eigenvalue weighted by molar-refractivity contribution is -0.131. The number of benzene rings is 2. The van der Waals surface area contributed by atoms with Gasteiger partial charge in [0.15, 0.2) is 0 Å². The van der Waals surface area contributed by atoms with Crippen LogP contribution in [-0.4, -0.2) is 59.6 Å². The third kappa shape index (κ3) is 5.55. The van der Waals surface area contributed by atoms with Gasteiger partial charge in [-0.3, -0.25) is 9.69 Å². The van der Waals surface area contributed by atoms with Crippen LogP contribution in [0.1, 0.15) is 37.3 Å². The van der Waals surface area contributed by atoms with Gasteiger partial charge < -0.3 is 10.0 Å². The average Bonchev–Trinajstić information content (AvgIpc) is 3.14. The van der Waals surface area contributed by atoms with E-state index in [9.17, 15) is 9.90 Å². The molecule has 1 heterocycles. The summed E-state index contributed by atoms with van der Waals surface area (Å²) in [7, 11) is 1.86. The molecular weight excluding hydrogens is 419 g/mol. The van der Waals surface area contributed by atoms with Gasteiger partial charge in [-0.25, -0.2) is 0 Å². The normalized spacial score (nSPS) is 18.2. The second kappa shape index (κ2) is 10.1. The highest BCUT2D eigenvalue weighted by Gasteiger charge is 2.33. The Hall–Kier alpha value is -1.59. The number of hydrogen-bond acceptors (Lipinski definition) is 3. The fourth-order valence-corrected chi connectivity index (χ4v) is 4.45. The summed E-state index contributed by atoms with van der Waals surface area (Å²) < 4.78 is 0. The van der Waals surface area contributed by atoms with Crippen LogP contribution >= 0.6 is 23.2 Å². The van der Waals surface area contributed by atoms with Crippen LogP contribution in [0.3, 0.4) is 0 Å². The average molecular weight is 449 g/mol.